The molecule has 18 heavy (non-hydrogen) atoms. The minimum Gasteiger partial charge on any atom is -0.463 e. The van der Waals surface area contributed by atoms with E-state index in [1.807, 2.05) is 39.2 Å². The molecule has 5 nitrogen and oxygen atoms in total. The van der Waals surface area contributed by atoms with Gasteiger partial charge < -0.3 is 9.73 Å². The molecule has 2 rings (SSSR count). The molecule has 0 aliphatic carbocycles. The summed E-state index contributed by atoms with van der Waals surface area (Å²) >= 11 is 0. The average molecular weight is 249 g/mol. The standard InChI is InChI=1S/C13H19N3O2/c1-10(2)16-7-6-15(13(16)17)9-12-5-4-11(18-12)8-14-3/h4-7,10,14H,8-9H2,1-3H3. The van der Waals surface area contributed by atoms with Gasteiger partial charge >= 0.3 is 5.69 Å². The van der Waals surface area contributed by atoms with E-state index in [2.05, 4.69) is 5.32 Å². The van der Waals surface area contributed by atoms with Gasteiger partial charge in [-0.3, -0.25) is 9.13 Å². The highest BCUT2D eigenvalue weighted by Gasteiger charge is 2.08. The number of nitrogens with one attached hydrogen (secondary N) is 1. The maximum atomic E-state index is 12.0. The molecule has 0 aromatic carbocycles. The molecule has 0 aliphatic rings. The van der Waals surface area contributed by atoms with Crippen molar-refractivity contribution in [3.63, 3.8) is 0 Å². The number of aromatic nitrogens is 2. The molecule has 0 saturated carbocycles. The van der Waals surface area contributed by atoms with Gasteiger partial charge in [-0.1, -0.05) is 0 Å². The van der Waals surface area contributed by atoms with Crippen LogP contribution in [0.1, 0.15) is 31.4 Å². The van der Waals surface area contributed by atoms with Crippen LogP contribution >= 0.6 is 0 Å². The fourth-order valence-electron chi connectivity index (χ4n) is 1.89. The van der Waals surface area contributed by atoms with Crippen LogP contribution < -0.4 is 11.0 Å². The number of hydrogen-bond acceptors (Lipinski definition) is 3. The van der Waals surface area contributed by atoms with E-state index >= 15 is 0 Å². The lowest BCUT2D eigenvalue weighted by atomic mass is 10.4. The van der Waals surface area contributed by atoms with E-state index in [4.69, 9.17) is 4.42 Å². The molecular formula is C13H19N3O2. The predicted molar refractivity (Wildman–Crippen MR) is 69.7 cm³/mol. The monoisotopic (exact) mass is 249 g/mol. The van der Waals surface area contributed by atoms with E-state index in [0.29, 0.717) is 13.1 Å². The lowest BCUT2D eigenvalue weighted by Crippen LogP contribution is -2.25. The lowest BCUT2D eigenvalue weighted by molar-refractivity contribution is 0.439. The van der Waals surface area contributed by atoms with Crippen molar-refractivity contribution >= 4 is 0 Å². The first-order chi connectivity index (χ1) is 8.61. The van der Waals surface area contributed by atoms with Crippen LogP contribution in [0.2, 0.25) is 0 Å². The number of hydrogen-bond donors (Lipinski definition) is 1. The number of rotatable bonds is 5. The Bertz CT molecular complexity index is 563. The van der Waals surface area contributed by atoms with Crippen molar-refractivity contribution in [2.24, 2.45) is 0 Å². The number of nitrogens with zero attached hydrogens (tertiary/aromatic N) is 2. The third kappa shape index (κ3) is 2.56. The second-order valence-electron chi connectivity index (χ2n) is 4.61. The van der Waals surface area contributed by atoms with Crippen LogP contribution in [-0.2, 0) is 13.1 Å². The third-order valence-corrected chi connectivity index (χ3v) is 2.82. The van der Waals surface area contributed by atoms with Gasteiger partial charge in [0.1, 0.15) is 11.5 Å². The van der Waals surface area contributed by atoms with Crippen LogP contribution in [0, 0.1) is 0 Å². The normalized spacial score (nSPS) is 11.3. The topological polar surface area (TPSA) is 52.1 Å². The summed E-state index contributed by atoms with van der Waals surface area (Å²) in [6.45, 7) is 5.15. The second-order valence-corrected chi connectivity index (χ2v) is 4.61. The Morgan fingerprint density at radius 3 is 2.61 bits per heavy atom. The molecule has 0 bridgehead atoms. The fraction of sp³-hybridized carbons (Fsp3) is 0.462. The Morgan fingerprint density at radius 2 is 2.00 bits per heavy atom. The van der Waals surface area contributed by atoms with Crippen molar-refractivity contribution < 1.29 is 4.42 Å². The highest BCUT2D eigenvalue weighted by Crippen LogP contribution is 2.09. The van der Waals surface area contributed by atoms with Gasteiger partial charge in [-0.25, -0.2) is 4.79 Å². The maximum absolute atomic E-state index is 12.0. The van der Waals surface area contributed by atoms with Gasteiger partial charge in [0, 0.05) is 18.4 Å². The average Bonchev–Trinajstić information content (AvgIpc) is 2.89. The summed E-state index contributed by atoms with van der Waals surface area (Å²) < 4.78 is 8.98. The van der Waals surface area contributed by atoms with Crippen LogP contribution in [0.3, 0.4) is 0 Å². The van der Waals surface area contributed by atoms with Crippen LogP contribution in [0.4, 0.5) is 0 Å². The summed E-state index contributed by atoms with van der Waals surface area (Å²) in [6, 6.07) is 4.01. The van der Waals surface area contributed by atoms with Gasteiger partial charge in [-0.2, -0.15) is 0 Å². The molecule has 0 radical (unpaired) electrons. The molecule has 0 unspecified atom stereocenters. The van der Waals surface area contributed by atoms with Crippen molar-refractivity contribution in [1.29, 1.82) is 0 Å². The summed E-state index contributed by atoms with van der Waals surface area (Å²) in [5.41, 5.74) is -0.00318. The van der Waals surface area contributed by atoms with Crippen molar-refractivity contribution in [3.05, 3.63) is 46.5 Å². The molecule has 0 spiro atoms. The van der Waals surface area contributed by atoms with Gasteiger partial charge in [-0.05, 0) is 33.0 Å². The first-order valence-electron chi connectivity index (χ1n) is 6.11. The van der Waals surface area contributed by atoms with Crippen molar-refractivity contribution in [2.75, 3.05) is 7.05 Å². The molecule has 5 heteroatoms. The van der Waals surface area contributed by atoms with E-state index < -0.39 is 0 Å². The smallest absolute Gasteiger partial charge is 0.328 e. The Morgan fingerprint density at radius 1 is 1.28 bits per heavy atom. The SMILES string of the molecule is CNCc1ccc(Cn2ccn(C(C)C)c2=O)o1. The fourth-order valence-corrected chi connectivity index (χ4v) is 1.89. The predicted octanol–water partition coefficient (Wildman–Crippen LogP) is 1.59. The summed E-state index contributed by atoms with van der Waals surface area (Å²) in [7, 11) is 1.87. The lowest BCUT2D eigenvalue weighted by Gasteiger charge is -2.04. The van der Waals surface area contributed by atoms with Gasteiger partial charge in [-0.15, -0.1) is 0 Å². The molecule has 2 aromatic heterocycles. The molecule has 0 fully saturated rings. The zero-order chi connectivity index (χ0) is 13.1. The molecule has 2 heterocycles. The van der Waals surface area contributed by atoms with Crippen molar-refractivity contribution in [2.45, 2.75) is 33.0 Å². The van der Waals surface area contributed by atoms with Crippen LogP contribution in [0.15, 0.2) is 33.7 Å². The van der Waals surface area contributed by atoms with Crippen molar-refractivity contribution in [1.82, 2.24) is 14.5 Å². The minimum absolute atomic E-state index is 0.00318. The highest BCUT2D eigenvalue weighted by atomic mass is 16.3. The van der Waals surface area contributed by atoms with Gasteiger partial charge in [0.05, 0.1) is 13.1 Å². The maximum Gasteiger partial charge on any atom is 0.328 e. The Labute approximate surface area is 106 Å². The second kappa shape index (κ2) is 5.27. The van der Waals surface area contributed by atoms with Gasteiger partial charge in [0.15, 0.2) is 0 Å². The molecule has 0 aliphatic heterocycles. The summed E-state index contributed by atoms with van der Waals surface area (Å²) in [5.74, 6) is 1.67. The molecule has 1 N–H and O–H groups in total. The molecule has 2 aromatic rings. The molecule has 0 atom stereocenters. The van der Waals surface area contributed by atoms with E-state index in [1.54, 1.807) is 15.3 Å². The minimum atomic E-state index is -0.00318. The van der Waals surface area contributed by atoms with E-state index in [-0.39, 0.29) is 11.7 Å². The number of furan rings is 1. The van der Waals surface area contributed by atoms with Crippen LogP contribution in [0.25, 0.3) is 0 Å². The van der Waals surface area contributed by atoms with Crippen molar-refractivity contribution in [3.8, 4) is 0 Å². The van der Waals surface area contributed by atoms with E-state index in [9.17, 15) is 4.79 Å². The Balaban J connectivity index is 2.16. The number of imidazole rings is 1. The van der Waals surface area contributed by atoms with E-state index in [1.165, 1.54) is 0 Å². The highest BCUT2D eigenvalue weighted by molar-refractivity contribution is 5.07. The van der Waals surface area contributed by atoms with Gasteiger partial charge in [0.25, 0.3) is 0 Å². The zero-order valence-electron chi connectivity index (χ0n) is 11.0. The Hall–Kier alpha value is -1.75. The zero-order valence-corrected chi connectivity index (χ0v) is 11.0. The quantitative estimate of drug-likeness (QED) is 0.875. The molecule has 0 amide bonds. The van der Waals surface area contributed by atoms with E-state index in [0.717, 1.165) is 11.5 Å². The van der Waals surface area contributed by atoms with Crippen LogP contribution in [-0.4, -0.2) is 16.2 Å². The molecule has 0 saturated heterocycles. The Kier molecular flexibility index (Phi) is 3.72. The molecular weight excluding hydrogens is 230 g/mol. The summed E-state index contributed by atoms with van der Waals surface area (Å²) in [6.07, 6.45) is 3.60. The van der Waals surface area contributed by atoms with Gasteiger partial charge in [0.2, 0.25) is 0 Å². The molecule has 98 valence electrons. The largest absolute Gasteiger partial charge is 0.463 e. The summed E-state index contributed by atoms with van der Waals surface area (Å²) in [5, 5.41) is 3.03. The summed E-state index contributed by atoms with van der Waals surface area (Å²) in [4.78, 5) is 12.0. The third-order valence-electron chi connectivity index (χ3n) is 2.82. The van der Waals surface area contributed by atoms with Crippen LogP contribution in [0.5, 0.6) is 0 Å². The first kappa shape index (κ1) is 12.7. The first-order valence-corrected chi connectivity index (χ1v) is 6.11.